The van der Waals surface area contributed by atoms with Gasteiger partial charge < -0.3 is 8.83 Å². The van der Waals surface area contributed by atoms with Gasteiger partial charge in [-0.1, -0.05) is 127 Å². The van der Waals surface area contributed by atoms with E-state index >= 15 is 0 Å². The number of rotatable bonds is 4. The smallest absolute Gasteiger partial charge is 0.164 e. The van der Waals surface area contributed by atoms with Crippen LogP contribution in [0.2, 0.25) is 0 Å². The summed E-state index contributed by atoms with van der Waals surface area (Å²) in [6, 6.07) is 56.3. The number of para-hydroxylation sites is 1. The molecule has 0 radical (unpaired) electrons. The lowest BCUT2D eigenvalue weighted by atomic mass is 9.98. The number of furan rings is 2. The van der Waals surface area contributed by atoms with Crippen LogP contribution < -0.4 is 0 Å². The Morgan fingerprint density at radius 2 is 1.00 bits per heavy atom. The molecule has 0 aliphatic heterocycles. The fourth-order valence-corrected chi connectivity index (χ4v) is 7.63. The molecule has 11 rings (SSSR count). The van der Waals surface area contributed by atoms with E-state index in [4.69, 9.17) is 23.8 Å². The quantitative estimate of drug-likeness (QED) is 0.187. The van der Waals surface area contributed by atoms with Gasteiger partial charge in [-0.05, 0) is 63.7 Å². The van der Waals surface area contributed by atoms with Crippen molar-refractivity contribution in [1.82, 2.24) is 15.0 Å². The van der Waals surface area contributed by atoms with Gasteiger partial charge in [0.1, 0.15) is 22.3 Å². The summed E-state index contributed by atoms with van der Waals surface area (Å²) in [6.07, 6.45) is 0. The Balaban J connectivity index is 1.22. The Morgan fingerprint density at radius 3 is 1.88 bits per heavy atom. The van der Waals surface area contributed by atoms with Crippen LogP contribution in [0.4, 0.5) is 0 Å². The summed E-state index contributed by atoms with van der Waals surface area (Å²) in [5, 5.41) is 8.34. The van der Waals surface area contributed by atoms with Crippen LogP contribution in [-0.2, 0) is 0 Å². The normalized spacial score (nSPS) is 11.8. The molecular weight excluding hydrogens is 639 g/mol. The molecule has 52 heavy (non-hydrogen) atoms. The van der Waals surface area contributed by atoms with Crippen LogP contribution in [0.3, 0.4) is 0 Å². The standard InChI is InChI=1S/C47H27N3O2/c1-2-11-28(12-3-1)31-23-24-36-41(27-31)52-44-34-16-7-6-15-32(34)26-38(43(36)44)47-49-45(33-22-21-29-13-4-5-14-30(29)25-33)48-46(50-47)37-18-10-20-40-42(37)35-17-8-9-19-39(35)51-40/h1-27H. The number of aromatic nitrogens is 3. The number of hydrogen-bond acceptors (Lipinski definition) is 5. The highest BCUT2D eigenvalue weighted by Crippen LogP contribution is 2.43. The first-order valence-electron chi connectivity index (χ1n) is 17.3. The largest absolute Gasteiger partial charge is 0.456 e. The minimum Gasteiger partial charge on any atom is -0.456 e. The molecule has 0 aliphatic rings. The topological polar surface area (TPSA) is 65.0 Å². The molecule has 0 bridgehead atoms. The van der Waals surface area contributed by atoms with E-state index in [-0.39, 0.29) is 0 Å². The molecule has 0 unspecified atom stereocenters. The first-order valence-corrected chi connectivity index (χ1v) is 17.3. The molecule has 0 aliphatic carbocycles. The number of nitrogens with zero attached hydrogens (tertiary/aromatic N) is 3. The Hall–Kier alpha value is -7.11. The van der Waals surface area contributed by atoms with E-state index in [0.717, 1.165) is 93.2 Å². The Morgan fingerprint density at radius 1 is 0.327 bits per heavy atom. The van der Waals surface area contributed by atoms with Gasteiger partial charge in [-0.25, -0.2) is 15.0 Å². The van der Waals surface area contributed by atoms with Crippen molar-refractivity contribution in [3.63, 3.8) is 0 Å². The first kappa shape index (κ1) is 28.7. The lowest BCUT2D eigenvalue weighted by Gasteiger charge is -2.11. The van der Waals surface area contributed by atoms with E-state index in [9.17, 15) is 0 Å². The first-order chi connectivity index (χ1) is 25.7. The summed E-state index contributed by atoms with van der Waals surface area (Å²) in [5.74, 6) is 1.74. The van der Waals surface area contributed by atoms with Crippen molar-refractivity contribution in [1.29, 1.82) is 0 Å². The van der Waals surface area contributed by atoms with Crippen LogP contribution in [0.5, 0.6) is 0 Å². The van der Waals surface area contributed by atoms with Crippen molar-refractivity contribution in [3.05, 3.63) is 164 Å². The average molecular weight is 666 g/mol. The van der Waals surface area contributed by atoms with Crippen molar-refractivity contribution in [2.45, 2.75) is 0 Å². The fraction of sp³-hybridized carbons (Fsp3) is 0. The van der Waals surface area contributed by atoms with Gasteiger partial charge in [-0.15, -0.1) is 0 Å². The Bertz CT molecular complexity index is 3190. The summed E-state index contributed by atoms with van der Waals surface area (Å²) in [7, 11) is 0. The van der Waals surface area contributed by atoms with Gasteiger partial charge in [0.15, 0.2) is 17.5 Å². The molecule has 0 spiro atoms. The van der Waals surface area contributed by atoms with Gasteiger partial charge in [0, 0.05) is 43.6 Å². The molecule has 5 nitrogen and oxygen atoms in total. The van der Waals surface area contributed by atoms with Crippen LogP contribution in [-0.4, -0.2) is 15.0 Å². The maximum Gasteiger partial charge on any atom is 0.164 e. The second kappa shape index (κ2) is 11.2. The molecule has 0 saturated carbocycles. The van der Waals surface area contributed by atoms with E-state index in [2.05, 4.69) is 127 Å². The molecule has 5 heteroatoms. The van der Waals surface area contributed by atoms with Gasteiger partial charge in [0.05, 0.1) is 0 Å². The van der Waals surface area contributed by atoms with Crippen molar-refractivity contribution in [3.8, 4) is 45.3 Å². The molecule has 0 N–H and O–H groups in total. The highest BCUT2D eigenvalue weighted by Gasteiger charge is 2.22. The summed E-state index contributed by atoms with van der Waals surface area (Å²) < 4.78 is 13.1. The van der Waals surface area contributed by atoms with E-state index in [1.54, 1.807) is 0 Å². The minimum absolute atomic E-state index is 0.573. The Kier molecular flexibility index (Phi) is 6.18. The van der Waals surface area contributed by atoms with Gasteiger partial charge in [0.2, 0.25) is 0 Å². The molecule has 0 atom stereocenters. The van der Waals surface area contributed by atoms with Crippen molar-refractivity contribution >= 4 is 65.4 Å². The molecule has 242 valence electrons. The molecule has 8 aromatic carbocycles. The maximum absolute atomic E-state index is 6.78. The predicted molar refractivity (Wildman–Crippen MR) is 211 cm³/mol. The zero-order chi connectivity index (χ0) is 34.2. The minimum atomic E-state index is 0.573. The summed E-state index contributed by atoms with van der Waals surface area (Å²) in [4.78, 5) is 15.8. The van der Waals surface area contributed by atoms with E-state index < -0.39 is 0 Å². The highest BCUT2D eigenvalue weighted by atomic mass is 16.3. The average Bonchev–Trinajstić information content (AvgIpc) is 3.79. The van der Waals surface area contributed by atoms with Gasteiger partial charge in [-0.3, -0.25) is 0 Å². The summed E-state index contributed by atoms with van der Waals surface area (Å²) in [6.45, 7) is 0. The molecule has 11 aromatic rings. The van der Waals surface area contributed by atoms with Crippen LogP contribution in [0.1, 0.15) is 0 Å². The third kappa shape index (κ3) is 4.46. The maximum atomic E-state index is 6.78. The van der Waals surface area contributed by atoms with Crippen molar-refractivity contribution in [2.24, 2.45) is 0 Å². The van der Waals surface area contributed by atoms with Crippen LogP contribution >= 0.6 is 0 Å². The second-order valence-corrected chi connectivity index (χ2v) is 13.2. The monoisotopic (exact) mass is 665 g/mol. The van der Waals surface area contributed by atoms with E-state index in [1.165, 1.54) is 0 Å². The zero-order valence-corrected chi connectivity index (χ0v) is 27.7. The molecule has 3 aromatic heterocycles. The molecule has 0 fully saturated rings. The summed E-state index contributed by atoms with van der Waals surface area (Å²) >= 11 is 0. The lowest BCUT2D eigenvalue weighted by Crippen LogP contribution is -2.01. The third-order valence-electron chi connectivity index (χ3n) is 10.1. The molecular formula is C47H27N3O2. The molecule has 0 amide bonds. The van der Waals surface area contributed by atoms with Gasteiger partial charge in [-0.2, -0.15) is 0 Å². The van der Waals surface area contributed by atoms with E-state index in [0.29, 0.717) is 17.5 Å². The molecule has 3 heterocycles. The zero-order valence-electron chi connectivity index (χ0n) is 27.7. The SMILES string of the molecule is c1ccc(-c2ccc3c(c2)oc2c4ccccc4cc(-c4nc(-c5ccc6ccccc6c5)nc(-c5cccc6oc7ccccc7c56)n4)c32)cc1. The third-order valence-corrected chi connectivity index (χ3v) is 10.1. The lowest BCUT2D eigenvalue weighted by molar-refractivity contribution is 0.669. The van der Waals surface area contributed by atoms with Crippen molar-refractivity contribution in [2.75, 3.05) is 0 Å². The van der Waals surface area contributed by atoms with Crippen LogP contribution in [0.15, 0.2) is 173 Å². The predicted octanol–water partition coefficient (Wildman–Crippen LogP) is 12.6. The van der Waals surface area contributed by atoms with E-state index in [1.807, 2.05) is 36.4 Å². The number of hydrogen-bond donors (Lipinski definition) is 0. The van der Waals surface area contributed by atoms with Crippen LogP contribution in [0.25, 0.3) is 111 Å². The second-order valence-electron chi connectivity index (χ2n) is 13.2. The van der Waals surface area contributed by atoms with Gasteiger partial charge >= 0.3 is 0 Å². The number of benzene rings is 8. The van der Waals surface area contributed by atoms with Crippen LogP contribution in [0, 0.1) is 0 Å². The van der Waals surface area contributed by atoms with Crippen molar-refractivity contribution < 1.29 is 8.83 Å². The highest BCUT2D eigenvalue weighted by molar-refractivity contribution is 6.21. The number of fused-ring (bicyclic) bond motifs is 9. The van der Waals surface area contributed by atoms with Gasteiger partial charge in [0.25, 0.3) is 0 Å². The summed E-state index contributed by atoms with van der Waals surface area (Å²) in [5.41, 5.74) is 8.15. The molecule has 0 saturated heterocycles. The fourth-order valence-electron chi connectivity index (χ4n) is 7.63. The Labute approximate surface area is 297 Å².